The molecule has 0 radical (unpaired) electrons. The van der Waals surface area contributed by atoms with Gasteiger partial charge in [0, 0.05) is 0 Å². The van der Waals surface area contributed by atoms with Crippen LogP contribution in [0.1, 0.15) is 57.2 Å². The number of nitrogens with zero attached hydrogens (tertiary/aromatic N) is 2. The lowest BCUT2D eigenvalue weighted by atomic mass is 10.1. The second-order valence-electron chi connectivity index (χ2n) is 6.82. The van der Waals surface area contributed by atoms with Gasteiger partial charge >= 0.3 is 5.97 Å². The molecule has 1 unspecified atom stereocenters. The van der Waals surface area contributed by atoms with Gasteiger partial charge in [-0.25, -0.2) is 4.79 Å². The van der Waals surface area contributed by atoms with Crippen LogP contribution >= 0.6 is 22.9 Å². The highest BCUT2D eigenvalue weighted by Gasteiger charge is 2.27. The number of carbonyl (C=O) groups is 3. The summed E-state index contributed by atoms with van der Waals surface area (Å²) in [5, 5.41) is 7.89. The second-order valence-corrected chi connectivity index (χ2v) is 8.22. The fraction of sp³-hybridized carbons (Fsp3) is 0.474. The zero-order valence-corrected chi connectivity index (χ0v) is 18.7. The van der Waals surface area contributed by atoms with Crippen LogP contribution in [0.5, 0.6) is 0 Å². The summed E-state index contributed by atoms with van der Waals surface area (Å²) < 4.78 is 6.87. The number of nitrogens with one attached hydrogen (secondary N) is 1. The Bertz CT molecular complexity index is 951. The summed E-state index contributed by atoms with van der Waals surface area (Å²) in [5.41, 5.74) is 7.43. The van der Waals surface area contributed by atoms with Crippen LogP contribution < -0.4 is 11.1 Å². The van der Waals surface area contributed by atoms with Crippen molar-refractivity contribution in [3.63, 3.8) is 0 Å². The Balaban J connectivity index is 2.25. The Morgan fingerprint density at radius 1 is 1.31 bits per heavy atom. The minimum Gasteiger partial charge on any atom is -0.462 e. The summed E-state index contributed by atoms with van der Waals surface area (Å²) in [5.74, 6) is -2.05. The lowest BCUT2D eigenvalue weighted by molar-refractivity contribution is -0.119. The molecule has 2 aromatic heterocycles. The molecule has 0 aliphatic rings. The number of ether oxygens (including phenoxy) is 1. The number of primary amides is 1. The predicted octanol–water partition coefficient (Wildman–Crippen LogP) is 3.46. The summed E-state index contributed by atoms with van der Waals surface area (Å²) >= 11 is 7.13. The monoisotopic (exact) mass is 440 g/mol. The molecule has 0 aliphatic carbocycles. The van der Waals surface area contributed by atoms with Gasteiger partial charge in [0.15, 0.2) is 0 Å². The molecule has 2 aromatic rings. The van der Waals surface area contributed by atoms with E-state index in [-0.39, 0.29) is 28.0 Å². The molecule has 0 aromatic carbocycles. The van der Waals surface area contributed by atoms with Crippen LogP contribution in [0.2, 0.25) is 5.02 Å². The molecule has 0 saturated heterocycles. The molecule has 8 nitrogen and oxygen atoms in total. The highest BCUT2D eigenvalue weighted by Crippen LogP contribution is 2.34. The van der Waals surface area contributed by atoms with Crippen molar-refractivity contribution in [3.8, 4) is 0 Å². The Kier molecular flexibility index (Phi) is 7.43. The minimum absolute atomic E-state index is 0.159. The molecule has 0 bridgehead atoms. The maximum Gasteiger partial charge on any atom is 0.341 e. The van der Waals surface area contributed by atoms with Gasteiger partial charge in [0.2, 0.25) is 5.91 Å². The molecular formula is C19H25ClN4O4S. The number of rotatable bonds is 8. The van der Waals surface area contributed by atoms with Crippen molar-refractivity contribution in [2.24, 2.45) is 11.7 Å². The van der Waals surface area contributed by atoms with Crippen LogP contribution in [-0.4, -0.2) is 34.2 Å². The molecule has 1 atom stereocenters. The summed E-state index contributed by atoms with van der Waals surface area (Å²) in [6, 6.07) is 0. The number of hydrogen-bond donors (Lipinski definition) is 2. The number of anilines is 1. The van der Waals surface area contributed by atoms with Crippen LogP contribution in [0.15, 0.2) is 0 Å². The first kappa shape index (κ1) is 22.9. The van der Waals surface area contributed by atoms with E-state index in [0.29, 0.717) is 29.2 Å². The van der Waals surface area contributed by atoms with Crippen molar-refractivity contribution in [2.75, 3.05) is 11.9 Å². The van der Waals surface area contributed by atoms with Crippen LogP contribution in [0.25, 0.3) is 0 Å². The first-order chi connectivity index (χ1) is 13.6. The Morgan fingerprint density at radius 3 is 2.48 bits per heavy atom. The molecule has 2 rings (SSSR count). The number of esters is 1. The van der Waals surface area contributed by atoms with Gasteiger partial charge < -0.3 is 15.8 Å². The number of halogens is 1. The fourth-order valence-electron chi connectivity index (χ4n) is 2.78. The quantitative estimate of drug-likeness (QED) is 0.609. The van der Waals surface area contributed by atoms with Gasteiger partial charge in [-0.1, -0.05) is 25.4 Å². The number of aromatic nitrogens is 2. The zero-order chi connectivity index (χ0) is 21.9. The molecule has 0 spiro atoms. The average Bonchev–Trinajstić information content (AvgIpc) is 3.11. The Morgan fingerprint density at radius 2 is 1.97 bits per heavy atom. The largest absolute Gasteiger partial charge is 0.462 e. The third-order valence-electron chi connectivity index (χ3n) is 4.44. The number of nitrogens with two attached hydrogens (primary N) is 1. The number of aryl methyl sites for hydroxylation is 1. The molecule has 29 heavy (non-hydrogen) atoms. The molecule has 10 heteroatoms. The van der Waals surface area contributed by atoms with Gasteiger partial charge in [-0.05, 0) is 32.8 Å². The maximum absolute atomic E-state index is 12.8. The van der Waals surface area contributed by atoms with E-state index in [9.17, 15) is 14.4 Å². The van der Waals surface area contributed by atoms with Gasteiger partial charge in [0.05, 0.1) is 45.9 Å². The van der Waals surface area contributed by atoms with Gasteiger partial charge in [0.1, 0.15) is 5.00 Å². The SMILES string of the molecule is CCCOC(=O)c1c(NC(=O)C(C)Cn2nc(C)c(Cl)c2C)sc(C(N)=O)c1C. The number of hydrogen-bond acceptors (Lipinski definition) is 6. The Hall–Kier alpha value is -2.39. The predicted molar refractivity (Wildman–Crippen MR) is 113 cm³/mol. The molecule has 0 aliphatic heterocycles. The third-order valence-corrected chi connectivity index (χ3v) is 6.21. The van der Waals surface area contributed by atoms with Crippen molar-refractivity contribution < 1.29 is 19.1 Å². The Labute approximate surface area is 178 Å². The smallest absolute Gasteiger partial charge is 0.341 e. The molecule has 158 valence electrons. The second kappa shape index (κ2) is 9.41. The summed E-state index contributed by atoms with van der Waals surface area (Å²) in [7, 11) is 0. The van der Waals surface area contributed by atoms with Gasteiger partial charge in [-0.2, -0.15) is 5.10 Å². The van der Waals surface area contributed by atoms with Crippen molar-refractivity contribution in [1.82, 2.24) is 9.78 Å². The lowest BCUT2D eigenvalue weighted by Crippen LogP contribution is -2.25. The molecular weight excluding hydrogens is 416 g/mol. The van der Waals surface area contributed by atoms with Gasteiger partial charge in [0.25, 0.3) is 5.91 Å². The van der Waals surface area contributed by atoms with Crippen LogP contribution in [0, 0.1) is 26.7 Å². The normalized spacial score (nSPS) is 11.9. The number of carbonyl (C=O) groups excluding carboxylic acids is 3. The van der Waals surface area contributed by atoms with Crippen molar-refractivity contribution in [3.05, 3.63) is 32.4 Å². The average molecular weight is 441 g/mol. The van der Waals surface area contributed by atoms with E-state index in [4.69, 9.17) is 22.1 Å². The number of amides is 2. The van der Waals surface area contributed by atoms with Crippen LogP contribution in [0.4, 0.5) is 5.00 Å². The number of thiophene rings is 1. The van der Waals surface area contributed by atoms with E-state index < -0.39 is 17.8 Å². The molecule has 0 saturated carbocycles. The van der Waals surface area contributed by atoms with E-state index in [1.165, 1.54) is 0 Å². The van der Waals surface area contributed by atoms with Crippen molar-refractivity contribution >= 4 is 45.7 Å². The zero-order valence-electron chi connectivity index (χ0n) is 17.1. The van der Waals surface area contributed by atoms with E-state index >= 15 is 0 Å². The first-order valence-electron chi connectivity index (χ1n) is 9.19. The lowest BCUT2D eigenvalue weighted by Gasteiger charge is -2.14. The highest BCUT2D eigenvalue weighted by atomic mass is 35.5. The van der Waals surface area contributed by atoms with E-state index in [0.717, 1.165) is 17.0 Å². The minimum atomic E-state index is -0.664. The summed E-state index contributed by atoms with van der Waals surface area (Å²) in [4.78, 5) is 37.1. The third kappa shape index (κ3) is 4.97. The van der Waals surface area contributed by atoms with Crippen molar-refractivity contribution in [1.29, 1.82) is 0 Å². The van der Waals surface area contributed by atoms with Gasteiger partial charge in [-0.3, -0.25) is 14.3 Å². The molecule has 2 heterocycles. The van der Waals surface area contributed by atoms with Crippen LogP contribution in [0.3, 0.4) is 0 Å². The van der Waals surface area contributed by atoms with E-state index in [1.54, 1.807) is 25.5 Å². The fourth-order valence-corrected chi connectivity index (χ4v) is 3.96. The topological polar surface area (TPSA) is 116 Å². The van der Waals surface area contributed by atoms with Crippen molar-refractivity contribution in [2.45, 2.75) is 47.6 Å². The molecule has 2 amide bonds. The van der Waals surface area contributed by atoms with E-state index in [2.05, 4.69) is 10.4 Å². The standard InChI is InChI=1S/C19H25ClN4O4S/c1-6-7-28-19(27)13-10(3)15(16(21)25)29-18(13)22-17(26)9(2)8-24-12(5)14(20)11(4)23-24/h9H,6-8H2,1-5H3,(H2,21,25)(H,22,26). The molecule has 0 fully saturated rings. The summed E-state index contributed by atoms with van der Waals surface area (Å²) in [6.07, 6.45) is 0.654. The van der Waals surface area contributed by atoms with Crippen LogP contribution in [-0.2, 0) is 16.1 Å². The molecule has 3 N–H and O–H groups in total. The van der Waals surface area contributed by atoms with Gasteiger partial charge in [-0.15, -0.1) is 11.3 Å². The maximum atomic E-state index is 12.8. The first-order valence-corrected chi connectivity index (χ1v) is 10.4. The highest BCUT2D eigenvalue weighted by molar-refractivity contribution is 7.18. The van der Waals surface area contributed by atoms with E-state index in [1.807, 2.05) is 13.8 Å². The summed E-state index contributed by atoms with van der Waals surface area (Å²) in [6.45, 7) is 9.40.